The van der Waals surface area contributed by atoms with Gasteiger partial charge in [0.15, 0.2) is 11.5 Å². The third kappa shape index (κ3) is 5.48. The first-order valence-electron chi connectivity index (χ1n) is 8.69. The van der Waals surface area contributed by atoms with Gasteiger partial charge in [-0.1, -0.05) is 64.6 Å². The lowest BCUT2D eigenvalue weighted by Crippen LogP contribution is -2.03. The molecule has 146 valence electrons. The van der Waals surface area contributed by atoms with Crippen molar-refractivity contribution in [3.8, 4) is 11.5 Å². The van der Waals surface area contributed by atoms with Crippen molar-refractivity contribution in [3.63, 3.8) is 0 Å². The van der Waals surface area contributed by atoms with E-state index in [1.807, 2.05) is 18.2 Å². The molecule has 0 aromatic heterocycles. The monoisotopic (exact) mass is 435 g/mol. The molecule has 3 rings (SSSR count). The summed E-state index contributed by atoms with van der Waals surface area (Å²) in [7, 11) is 1.61. The third-order valence-corrected chi connectivity index (χ3v) is 4.94. The fraction of sp³-hybridized carbons (Fsp3) is 0.182. The van der Waals surface area contributed by atoms with Crippen molar-refractivity contribution >= 4 is 40.5 Å². The minimum Gasteiger partial charge on any atom is -0.493 e. The standard InChI is InChI=1S/C22H20Cl3NO2/c1-14-4-3-5-15(6-14)13-28-22-11-20(25)16(7-21(22)27-2)12-26-19-9-17(23)8-18(24)10-19/h3-11,26H,12-13H2,1-2H3. The molecule has 0 amide bonds. The highest BCUT2D eigenvalue weighted by atomic mass is 35.5. The number of rotatable bonds is 7. The fourth-order valence-electron chi connectivity index (χ4n) is 2.80. The molecule has 28 heavy (non-hydrogen) atoms. The van der Waals surface area contributed by atoms with E-state index in [4.69, 9.17) is 44.3 Å². The lowest BCUT2D eigenvalue weighted by atomic mass is 10.1. The number of hydrogen-bond donors (Lipinski definition) is 1. The molecule has 0 aliphatic rings. The maximum Gasteiger partial charge on any atom is 0.163 e. The molecule has 0 radical (unpaired) electrons. The van der Waals surface area contributed by atoms with Crippen LogP contribution in [0.1, 0.15) is 16.7 Å². The third-order valence-electron chi connectivity index (χ3n) is 4.16. The normalized spacial score (nSPS) is 10.6. The predicted molar refractivity (Wildman–Crippen MR) is 117 cm³/mol. The lowest BCUT2D eigenvalue weighted by molar-refractivity contribution is 0.284. The Hall–Kier alpha value is -2.07. The van der Waals surface area contributed by atoms with E-state index in [2.05, 4.69) is 24.4 Å². The summed E-state index contributed by atoms with van der Waals surface area (Å²) in [4.78, 5) is 0. The van der Waals surface area contributed by atoms with Crippen LogP contribution in [0.4, 0.5) is 5.69 Å². The molecule has 0 fully saturated rings. The average Bonchev–Trinajstić information content (AvgIpc) is 2.65. The quantitative estimate of drug-likeness (QED) is 0.426. The minimum absolute atomic E-state index is 0.437. The molecule has 0 unspecified atom stereocenters. The van der Waals surface area contributed by atoms with E-state index in [0.717, 1.165) is 16.8 Å². The Bertz CT molecular complexity index is 956. The van der Waals surface area contributed by atoms with Gasteiger partial charge in [-0.3, -0.25) is 0 Å². The molecule has 0 atom stereocenters. The molecule has 1 N–H and O–H groups in total. The highest BCUT2D eigenvalue weighted by molar-refractivity contribution is 6.35. The summed E-state index contributed by atoms with van der Waals surface area (Å²) < 4.78 is 11.4. The average molecular weight is 437 g/mol. The molecule has 0 aliphatic carbocycles. The molecule has 0 spiro atoms. The maximum absolute atomic E-state index is 6.47. The van der Waals surface area contributed by atoms with E-state index in [1.165, 1.54) is 5.56 Å². The second-order valence-electron chi connectivity index (χ2n) is 6.38. The van der Waals surface area contributed by atoms with E-state index >= 15 is 0 Å². The van der Waals surface area contributed by atoms with Gasteiger partial charge in [-0.05, 0) is 42.3 Å². The second kappa shape index (κ2) is 9.42. The minimum atomic E-state index is 0.437. The molecule has 0 bridgehead atoms. The molecule has 6 heteroatoms. The van der Waals surface area contributed by atoms with Crippen molar-refractivity contribution in [2.75, 3.05) is 12.4 Å². The van der Waals surface area contributed by atoms with E-state index in [-0.39, 0.29) is 0 Å². The number of aryl methyl sites for hydroxylation is 1. The summed E-state index contributed by atoms with van der Waals surface area (Å²) in [5.41, 5.74) is 3.96. The number of anilines is 1. The Morgan fingerprint density at radius 1 is 0.893 bits per heavy atom. The summed E-state index contributed by atoms with van der Waals surface area (Å²) in [6, 6.07) is 17.1. The van der Waals surface area contributed by atoms with E-state index < -0.39 is 0 Å². The van der Waals surface area contributed by atoms with Gasteiger partial charge in [0, 0.05) is 33.4 Å². The molecular weight excluding hydrogens is 417 g/mol. The second-order valence-corrected chi connectivity index (χ2v) is 7.66. The number of nitrogens with one attached hydrogen (secondary N) is 1. The van der Waals surface area contributed by atoms with Crippen LogP contribution in [0.15, 0.2) is 54.6 Å². The molecule has 3 nitrogen and oxygen atoms in total. The van der Waals surface area contributed by atoms with Crippen molar-refractivity contribution in [2.24, 2.45) is 0 Å². The molecule has 0 saturated carbocycles. The molecule has 3 aromatic carbocycles. The number of ether oxygens (including phenoxy) is 2. The zero-order chi connectivity index (χ0) is 20.1. The fourth-order valence-corrected chi connectivity index (χ4v) is 3.55. The van der Waals surface area contributed by atoms with Gasteiger partial charge >= 0.3 is 0 Å². The SMILES string of the molecule is COc1cc(CNc2cc(Cl)cc(Cl)c2)c(Cl)cc1OCc1cccc(C)c1. The molecule has 3 aromatic rings. The number of halogens is 3. The van der Waals surface area contributed by atoms with Gasteiger partial charge in [0.1, 0.15) is 6.61 Å². The van der Waals surface area contributed by atoms with Crippen molar-refractivity contribution in [1.29, 1.82) is 0 Å². The molecule has 0 heterocycles. The number of hydrogen-bond acceptors (Lipinski definition) is 3. The highest BCUT2D eigenvalue weighted by Gasteiger charge is 2.11. The predicted octanol–water partition coefficient (Wildman–Crippen LogP) is 7.15. The van der Waals surface area contributed by atoms with Crippen LogP contribution in [-0.2, 0) is 13.2 Å². The summed E-state index contributed by atoms with van der Waals surface area (Å²) in [6.07, 6.45) is 0. The van der Waals surface area contributed by atoms with Gasteiger partial charge < -0.3 is 14.8 Å². The topological polar surface area (TPSA) is 30.5 Å². The summed E-state index contributed by atoms with van der Waals surface area (Å²) in [5.74, 6) is 1.22. The van der Waals surface area contributed by atoms with Crippen molar-refractivity contribution in [2.45, 2.75) is 20.1 Å². The largest absolute Gasteiger partial charge is 0.493 e. The van der Waals surface area contributed by atoms with Gasteiger partial charge in [-0.15, -0.1) is 0 Å². The van der Waals surface area contributed by atoms with Crippen LogP contribution in [0, 0.1) is 6.92 Å². The summed E-state index contributed by atoms with van der Waals surface area (Å²) in [5, 5.41) is 4.99. The Morgan fingerprint density at radius 3 is 2.32 bits per heavy atom. The van der Waals surface area contributed by atoms with Crippen molar-refractivity contribution in [1.82, 2.24) is 0 Å². The van der Waals surface area contributed by atoms with Crippen LogP contribution in [0.2, 0.25) is 15.1 Å². The van der Waals surface area contributed by atoms with Gasteiger partial charge in [0.25, 0.3) is 0 Å². The maximum atomic E-state index is 6.47. The number of methoxy groups -OCH3 is 1. The van der Waals surface area contributed by atoms with Gasteiger partial charge in [0.05, 0.1) is 7.11 Å². The first-order valence-corrected chi connectivity index (χ1v) is 9.82. The van der Waals surface area contributed by atoms with Crippen LogP contribution in [0.3, 0.4) is 0 Å². The van der Waals surface area contributed by atoms with Gasteiger partial charge in [0.2, 0.25) is 0 Å². The Morgan fingerprint density at radius 2 is 1.64 bits per heavy atom. The first kappa shape index (κ1) is 20.7. The Balaban J connectivity index is 1.73. The summed E-state index contributed by atoms with van der Waals surface area (Å²) >= 11 is 18.5. The lowest BCUT2D eigenvalue weighted by Gasteiger charge is -2.15. The van der Waals surface area contributed by atoms with Gasteiger partial charge in [-0.25, -0.2) is 0 Å². The Labute approximate surface area is 180 Å². The summed E-state index contributed by atoms with van der Waals surface area (Å²) in [6.45, 7) is 2.98. The Kier molecular flexibility index (Phi) is 6.95. The van der Waals surface area contributed by atoms with Crippen LogP contribution in [0.5, 0.6) is 11.5 Å². The van der Waals surface area contributed by atoms with Crippen molar-refractivity contribution in [3.05, 3.63) is 86.4 Å². The van der Waals surface area contributed by atoms with E-state index in [0.29, 0.717) is 39.7 Å². The van der Waals surface area contributed by atoms with Crippen LogP contribution >= 0.6 is 34.8 Å². The zero-order valence-electron chi connectivity index (χ0n) is 15.6. The molecule has 0 aliphatic heterocycles. The van der Waals surface area contributed by atoms with Crippen LogP contribution in [0.25, 0.3) is 0 Å². The van der Waals surface area contributed by atoms with Crippen LogP contribution in [-0.4, -0.2) is 7.11 Å². The molecule has 0 saturated heterocycles. The van der Waals surface area contributed by atoms with Gasteiger partial charge in [-0.2, -0.15) is 0 Å². The molecular formula is C22H20Cl3NO2. The highest BCUT2D eigenvalue weighted by Crippen LogP contribution is 2.34. The van der Waals surface area contributed by atoms with E-state index in [1.54, 1.807) is 31.4 Å². The van der Waals surface area contributed by atoms with Crippen molar-refractivity contribution < 1.29 is 9.47 Å². The first-order chi connectivity index (χ1) is 13.4. The smallest absolute Gasteiger partial charge is 0.163 e. The zero-order valence-corrected chi connectivity index (χ0v) is 17.8. The van der Waals surface area contributed by atoms with Crippen LogP contribution < -0.4 is 14.8 Å². The van der Waals surface area contributed by atoms with E-state index in [9.17, 15) is 0 Å². The number of benzene rings is 3.